The largest absolute Gasteiger partial charge is 0.337 e. The van der Waals surface area contributed by atoms with Gasteiger partial charge in [-0.2, -0.15) is 5.26 Å². The predicted octanol–water partition coefficient (Wildman–Crippen LogP) is 3.60. The lowest BCUT2D eigenvalue weighted by molar-refractivity contribution is -0.120. The Hall–Kier alpha value is -0.990. The number of nitrogens with one attached hydrogen (secondary N) is 1. The van der Waals surface area contributed by atoms with Crippen molar-refractivity contribution in [2.75, 3.05) is 5.75 Å². The molecular weight excluding hydrogens is 324 g/mol. The van der Waals surface area contributed by atoms with Gasteiger partial charge in [-0.25, -0.2) is 0 Å². The molecule has 0 aliphatic carbocycles. The minimum atomic E-state index is -0.814. The Morgan fingerprint density at radius 1 is 1.53 bits per heavy atom. The predicted molar refractivity (Wildman–Crippen MR) is 81.9 cm³/mol. The summed E-state index contributed by atoms with van der Waals surface area (Å²) >= 11 is 4.89. The first-order valence-electron chi connectivity index (χ1n) is 5.98. The van der Waals surface area contributed by atoms with Crippen LogP contribution in [0.2, 0.25) is 0 Å². The molecule has 1 unspecified atom stereocenters. The van der Waals surface area contributed by atoms with E-state index in [1.54, 1.807) is 6.92 Å². The van der Waals surface area contributed by atoms with Crippen molar-refractivity contribution in [1.82, 2.24) is 5.32 Å². The third-order valence-electron chi connectivity index (χ3n) is 2.98. The molecule has 1 aromatic carbocycles. The van der Waals surface area contributed by atoms with Crippen LogP contribution in [0.1, 0.15) is 20.8 Å². The number of rotatable bonds is 5. The number of hydrogen-bond donors (Lipinski definition) is 1. The highest BCUT2D eigenvalue weighted by atomic mass is 79.9. The lowest BCUT2D eigenvalue weighted by Crippen LogP contribution is -2.49. The maximum atomic E-state index is 11.9. The van der Waals surface area contributed by atoms with E-state index in [2.05, 4.69) is 27.3 Å². The van der Waals surface area contributed by atoms with Crippen molar-refractivity contribution in [2.45, 2.75) is 31.2 Å². The molecule has 19 heavy (non-hydrogen) atoms. The first-order chi connectivity index (χ1) is 8.89. The Labute approximate surface area is 126 Å². The molecule has 1 rings (SSSR count). The molecule has 0 heterocycles. The normalized spacial score (nSPS) is 13.7. The van der Waals surface area contributed by atoms with Crippen LogP contribution in [0.5, 0.6) is 0 Å². The minimum absolute atomic E-state index is 0.0647. The van der Waals surface area contributed by atoms with Crippen LogP contribution >= 0.6 is 27.7 Å². The van der Waals surface area contributed by atoms with Crippen LogP contribution < -0.4 is 5.32 Å². The van der Waals surface area contributed by atoms with Crippen molar-refractivity contribution in [3.63, 3.8) is 0 Å². The second-order valence-electron chi connectivity index (χ2n) is 4.74. The Morgan fingerprint density at radius 2 is 2.16 bits per heavy atom. The number of carbonyl (C=O) groups is 1. The van der Waals surface area contributed by atoms with Crippen LogP contribution in [0.4, 0.5) is 0 Å². The molecule has 0 fully saturated rings. The maximum absolute atomic E-state index is 11.9. The van der Waals surface area contributed by atoms with Gasteiger partial charge in [0, 0.05) is 9.37 Å². The van der Waals surface area contributed by atoms with Gasteiger partial charge in [0.15, 0.2) is 0 Å². The zero-order valence-electron chi connectivity index (χ0n) is 11.2. The molecule has 1 aromatic rings. The summed E-state index contributed by atoms with van der Waals surface area (Å²) in [6.07, 6.45) is 0. The molecular formula is C14H17BrN2OS. The second kappa shape index (κ2) is 6.97. The van der Waals surface area contributed by atoms with E-state index in [0.717, 1.165) is 9.37 Å². The van der Waals surface area contributed by atoms with Crippen LogP contribution in [-0.4, -0.2) is 17.2 Å². The van der Waals surface area contributed by atoms with Gasteiger partial charge in [-0.3, -0.25) is 4.79 Å². The van der Waals surface area contributed by atoms with Crippen molar-refractivity contribution in [3.8, 4) is 6.07 Å². The van der Waals surface area contributed by atoms with E-state index in [1.165, 1.54) is 11.8 Å². The zero-order chi connectivity index (χ0) is 14.5. The van der Waals surface area contributed by atoms with Gasteiger partial charge in [-0.1, -0.05) is 26.0 Å². The fraction of sp³-hybridized carbons (Fsp3) is 0.429. The number of amides is 1. The number of thioether (sulfide) groups is 1. The third-order valence-corrected chi connectivity index (χ3v) is 5.01. The fourth-order valence-corrected chi connectivity index (χ4v) is 2.70. The number of carbonyl (C=O) groups excluding carboxylic acids is 1. The summed E-state index contributed by atoms with van der Waals surface area (Å²) in [6, 6.07) is 9.92. The van der Waals surface area contributed by atoms with Crippen molar-refractivity contribution >= 4 is 33.6 Å². The van der Waals surface area contributed by atoms with E-state index in [1.807, 2.05) is 38.1 Å². The summed E-state index contributed by atoms with van der Waals surface area (Å²) in [5.74, 6) is 0.237. The highest BCUT2D eigenvalue weighted by Crippen LogP contribution is 2.27. The maximum Gasteiger partial charge on any atom is 0.231 e. The van der Waals surface area contributed by atoms with Crippen LogP contribution in [-0.2, 0) is 4.79 Å². The Bertz CT molecular complexity index is 498. The van der Waals surface area contributed by atoms with Gasteiger partial charge in [0.1, 0.15) is 5.54 Å². The average molecular weight is 341 g/mol. The number of nitriles is 1. The molecule has 3 nitrogen and oxygen atoms in total. The van der Waals surface area contributed by atoms with Crippen molar-refractivity contribution < 1.29 is 4.79 Å². The Morgan fingerprint density at radius 3 is 2.68 bits per heavy atom. The van der Waals surface area contributed by atoms with Crippen molar-refractivity contribution in [2.24, 2.45) is 5.92 Å². The Balaban J connectivity index is 2.58. The van der Waals surface area contributed by atoms with E-state index in [9.17, 15) is 4.79 Å². The molecule has 0 aromatic heterocycles. The number of hydrogen-bond acceptors (Lipinski definition) is 3. The van der Waals surface area contributed by atoms with Crippen molar-refractivity contribution in [1.29, 1.82) is 5.26 Å². The Kier molecular flexibility index (Phi) is 5.89. The van der Waals surface area contributed by atoms with Gasteiger partial charge in [-0.05, 0) is 40.9 Å². The second-order valence-corrected chi connectivity index (χ2v) is 6.61. The molecule has 0 saturated heterocycles. The molecule has 5 heteroatoms. The average Bonchev–Trinajstić information content (AvgIpc) is 2.37. The zero-order valence-corrected chi connectivity index (χ0v) is 13.6. The van der Waals surface area contributed by atoms with Gasteiger partial charge in [-0.15, -0.1) is 11.8 Å². The molecule has 0 saturated carbocycles. The SMILES string of the molecule is CC(C)C(C)(C#N)NC(=O)CSc1ccccc1Br. The smallest absolute Gasteiger partial charge is 0.231 e. The topological polar surface area (TPSA) is 52.9 Å². The quantitative estimate of drug-likeness (QED) is 0.833. The van der Waals surface area contributed by atoms with E-state index in [4.69, 9.17) is 5.26 Å². The highest BCUT2D eigenvalue weighted by molar-refractivity contribution is 9.10. The monoisotopic (exact) mass is 340 g/mol. The summed E-state index contributed by atoms with van der Waals surface area (Å²) in [5.41, 5.74) is -0.814. The van der Waals surface area contributed by atoms with E-state index < -0.39 is 5.54 Å². The molecule has 1 amide bonds. The number of nitrogens with zero attached hydrogens (tertiary/aromatic N) is 1. The molecule has 1 atom stereocenters. The van der Waals surface area contributed by atoms with Crippen LogP contribution in [0.15, 0.2) is 33.6 Å². The number of halogens is 1. The third kappa shape index (κ3) is 4.55. The summed E-state index contributed by atoms with van der Waals surface area (Å²) in [4.78, 5) is 12.9. The molecule has 0 aliphatic heterocycles. The van der Waals surface area contributed by atoms with Crippen LogP contribution in [0.25, 0.3) is 0 Å². The van der Waals surface area contributed by atoms with Gasteiger partial charge in [0.2, 0.25) is 5.91 Å². The minimum Gasteiger partial charge on any atom is -0.337 e. The first-order valence-corrected chi connectivity index (χ1v) is 7.76. The van der Waals surface area contributed by atoms with E-state index in [-0.39, 0.29) is 11.8 Å². The molecule has 0 spiro atoms. The van der Waals surface area contributed by atoms with E-state index in [0.29, 0.717) is 5.75 Å². The number of benzene rings is 1. The van der Waals surface area contributed by atoms with E-state index >= 15 is 0 Å². The van der Waals surface area contributed by atoms with Gasteiger partial charge in [0.25, 0.3) is 0 Å². The molecule has 0 radical (unpaired) electrons. The summed E-state index contributed by atoms with van der Waals surface area (Å²) in [7, 11) is 0. The summed E-state index contributed by atoms with van der Waals surface area (Å²) < 4.78 is 0.972. The van der Waals surface area contributed by atoms with Gasteiger partial charge in [0.05, 0.1) is 11.8 Å². The van der Waals surface area contributed by atoms with Crippen molar-refractivity contribution in [3.05, 3.63) is 28.7 Å². The first kappa shape index (κ1) is 16.1. The highest BCUT2D eigenvalue weighted by Gasteiger charge is 2.29. The standard InChI is InChI=1S/C14H17BrN2OS/c1-10(2)14(3,9-16)17-13(18)8-19-12-7-5-4-6-11(12)15/h4-7,10H,8H2,1-3H3,(H,17,18). The lowest BCUT2D eigenvalue weighted by atomic mass is 9.90. The van der Waals surface area contributed by atoms with Crippen LogP contribution in [0.3, 0.4) is 0 Å². The fourth-order valence-electron chi connectivity index (χ4n) is 1.33. The van der Waals surface area contributed by atoms with Gasteiger partial charge < -0.3 is 5.32 Å². The van der Waals surface area contributed by atoms with Gasteiger partial charge >= 0.3 is 0 Å². The summed E-state index contributed by atoms with van der Waals surface area (Å²) in [5, 5.41) is 12.0. The summed E-state index contributed by atoms with van der Waals surface area (Å²) in [6.45, 7) is 5.59. The molecule has 1 N–H and O–H groups in total. The molecule has 0 bridgehead atoms. The van der Waals surface area contributed by atoms with Crippen LogP contribution in [0, 0.1) is 17.2 Å². The molecule has 102 valence electrons. The lowest BCUT2D eigenvalue weighted by Gasteiger charge is -2.27. The molecule has 0 aliphatic rings.